The van der Waals surface area contributed by atoms with Crippen molar-refractivity contribution in [2.75, 3.05) is 0 Å². The van der Waals surface area contributed by atoms with Gasteiger partial charge in [0.2, 0.25) is 0 Å². The van der Waals surface area contributed by atoms with E-state index >= 15 is 0 Å². The first-order valence-electron chi connectivity index (χ1n) is 17.7. The summed E-state index contributed by atoms with van der Waals surface area (Å²) in [6.07, 6.45) is 0. The van der Waals surface area contributed by atoms with Gasteiger partial charge >= 0.3 is 0 Å². The van der Waals surface area contributed by atoms with Gasteiger partial charge in [-0.2, -0.15) is 0 Å². The Labute approximate surface area is 296 Å². The number of rotatable bonds is 2. The van der Waals surface area contributed by atoms with E-state index in [9.17, 15) is 4.79 Å². The molecule has 0 spiro atoms. The topological polar surface area (TPSA) is 34.6 Å². The van der Waals surface area contributed by atoms with Crippen molar-refractivity contribution < 1.29 is 4.42 Å². The number of fused-ring (bicyclic) bond motifs is 14. The maximum atomic E-state index is 13.9. The molecule has 0 aliphatic heterocycles. The van der Waals surface area contributed by atoms with Crippen LogP contribution >= 0.6 is 0 Å². The molecule has 0 unspecified atom stereocenters. The maximum Gasteiger partial charge on any atom is 0.263 e. The van der Waals surface area contributed by atoms with Gasteiger partial charge < -0.3 is 4.42 Å². The van der Waals surface area contributed by atoms with Crippen LogP contribution in [0.3, 0.4) is 0 Å². The van der Waals surface area contributed by atoms with Crippen LogP contribution in [0.4, 0.5) is 0 Å². The molecule has 12 rings (SSSR count). The summed E-state index contributed by atoms with van der Waals surface area (Å²) in [6, 6.07) is 57.9. The van der Waals surface area contributed by atoms with Crippen molar-refractivity contribution in [3.63, 3.8) is 0 Å². The van der Waals surface area contributed by atoms with Crippen LogP contribution in [0.2, 0.25) is 0 Å². The molecule has 0 saturated carbocycles. The number of hydrogen-bond donors (Lipinski definition) is 0. The highest BCUT2D eigenvalue weighted by Crippen LogP contribution is 2.42. The van der Waals surface area contributed by atoms with E-state index in [-0.39, 0.29) is 5.56 Å². The third-order valence-corrected chi connectivity index (χ3v) is 11.3. The van der Waals surface area contributed by atoms with Crippen molar-refractivity contribution in [1.82, 2.24) is 4.40 Å². The minimum absolute atomic E-state index is 0.0187. The fourth-order valence-electron chi connectivity index (χ4n) is 8.98. The minimum Gasteiger partial charge on any atom is -0.455 e. The van der Waals surface area contributed by atoms with E-state index in [1.807, 2.05) is 28.7 Å². The van der Waals surface area contributed by atoms with E-state index in [1.54, 1.807) is 0 Å². The molecule has 0 aliphatic carbocycles. The molecular weight excluding hydrogens is 635 g/mol. The molecule has 0 amide bonds. The lowest BCUT2D eigenvalue weighted by atomic mass is 9.92. The van der Waals surface area contributed by atoms with Crippen LogP contribution in [0, 0.1) is 0 Å². The second-order valence-corrected chi connectivity index (χ2v) is 14.0. The number of pyridine rings is 1. The summed E-state index contributed by atoms with van der Waals surface area (Å²) in [5.74, 6) is 0. The van der Waals surface area contributed by atoms with Crippen molar-refractivity contribution in [3.8, 4) is 22.3 Å². The summed E-state index contributed by atoms with van der Waals surface area (Å²) >= 11 is 0. The van der Waals surface area contributed by atoms with Gasteiger partial charge in [-0.25, -0.2) is 0 Å². The fourth-order valence-corrected chi connectivity index (χ4v) is 8.98. The highest BCUT2D eigenvalue weighted by molar-refractivity contribution is 6.26. The van der Waals surface area contributed by atoms with Gasteiger partial charge in [0, 0.05) is 37.9 Å². The van der Waals surface area contributed by atoms with Crippen molar-refractivity contribution in [2.45, 2.75) is 0 Å². The molecule has 12 aromatic rings. The Morgan fingerprint density at radius 3 is 1.60 bits per heavy atom. The van der Waals surface area contributed by atoms with Crippen LogP contribution in [0.15, 0.2) is 173 Å². The Bertz CT molecular complexity index is 3510. The zero-order valence-corrected chi connectivity index (χ0v) is 27.9. The quantitative estimate of drug-likeness (QED) is 0.173. The minimum atomic E-state index is 0.0187. The Morgan fingerprint density at radius 2 is 0.865 bits per heavy atom. The van der Waals surface area contributed by atoms with E-state index in [0.717, 1.165) is 76.6 Å². The predicted octanol–water partition coefficient (Wildman–Crippen LogP) is 12.9. The van der Waals surface area contributed by atoms with Crippen LogP contribution < -0.4 is 5.56 Å². The lowest BCUT2D eigenvalue weighted by Gasteiger charge is -2.12. The molecule has 0 N–H and O–H groups in total. The molecular formula is C49H27NO2. The smallest absolute Gasteiger partial charge is 0.263 e. The number of furan rings is 1. The largest absolute Gasteiger partial charge is 0.455 e. The van der Waals surface area contributed by atoms with Gasteiger partial charge in [0.1, 0.15) is 11.2 Å². The van der Waals surface area contributed by atoms with Crippen LogP contribution in [0.5, 0.6) is 0 Å². The average Bonchev–Trinajstić information content (AvgIpc) is 3.76. The first kappa shape index (κ1) is 27.8. The van der Waals surface area contributed by atoms with Gasteiger partial charge in [0.05, 0.1) is 11.0 Å². The van der Waals surface area contributed by atoms with Crippen LogP contribution in [-0.2, 0) is 0 Å². The average molecular weight is 662 g/mol. The molecule has 0 bridgehead atoms. The van der Waals surface area contributed by atoms with Gasteiger partial charge in [0.25, 0.3) is 5.56 Å². The molecule has 240 valence electrons. The molecule has 3 nitrogen and oxygen atoms in total. The van der Waals surface area contributed by atoms with Crippen molar-refractivity contribution in [3.05, 3.63) is 174 Å². The van der Waals surface area contributed by atoms with Gasteiger partial charge in [-0.1, -0.05) is 127 Å². The van der Waals surface area contributed by atoms with Crippen molar-refractivity contribution in [2.24, 2.45) is 0 Å². The molecule has 0 saturated heterocycles. The lowest BCUT2D eigenvalue weighted by molar-refractivity contribution is 0.670. The number of para-hydroxylation sites is 2. The molecule has 52 heavy (non-hydrogen) atoms. The Kier molecular flexibility index (Phi) is 5.38. The van der Waals surface area contributed by atoms with E-state index in [4.69, 9.17) is 4.42 Å². The van der Waals surface area contributed by atoms with Crippen LogP contribution in [0.1, 0.15) is 0 Å². The molecule has 3 heteroatoms. The third kappa shape index (κ3) is 3.61. The van der Waals surface area contributed by atoms with Gasteiger partial charge in [-0.05, 0) is 90.8 Å². The highest BCUT2D eigenvalue weighted by Gasteiger charge is 2.19. The number of hydrogen-bond acceptors (Lipinski definition) is 2. The van der Waals surface area contributed by atoms with E-state index < -0.39 is 0 Å². The standard InChI is InChI=1S/C49H27NO2/c51-49-41-14-6-5-13-36(41)38-16-8-17-39-43-27-30(20-23-45(43)50(49)47(38)39)31-15-7-18-40-44-26-29(21-24-46(44)52-48(31)40)28-19-22-37-34-11-2-1-9-32(34)33-10-3-4-12-35(33)42(37)25-28/h1-27H. The number of aromatic nitrogens is 1. The Hall–Kier alpha value is -6.97. The van der Waals surface area contributed by atoms with Crippen LogP contribution in [0.25, 0.3) is 114 Å². The summed E-state index contributed by atoms with van der Waals surface area (Å²) < 4.78 is 8.56. The molecule has 0 radical (unpaired) electrons. The normalized spacial score (nSPS) is 12.3. The number of benzene rings is 9. The molecule has 3 aromatic heterocycles. The zero-order valence-electron chi connectivity index (χ0n) is 27.9. The third-order valence-electron chi connectivity index (χ3n) is 11.3. The maximum absolute atomic E-state index is 13.9. The molecule has 0 atom stereocenters. The summed E-state index contributed by atoms with van der Waals surface area (Å²) in [5.41, 5.74) is 8.05. The monoisotopic (exact) mass is 661 g/mol. The second kappa shape index (κ2) is 10.1. The van der Waals surface area contributed by atoms with Crippen LogP contribution in [-0.4, -0.2) is 4.40 Å². The van der Waals surface area contributed by atoms with E-state index in [1.165, 1.54) is 37.9 Å². The van der Waals surface area contributed by atoms with Crippen molar-refractivity contribution >= 4 is 92.2 Å². The molecule has 3 heterocycles. The van der Waals surface area contributed by atoms with Gasteiger partial charge in [0.15, 0.2) is 0 Å². The van der Waals surface area contributed by atoms with E-state index in [0.29, 0.717) is 0 Å². The summed E-state index contributed by atoms with van der Waals surface area (Å²) in [4.78, 5) is 13.9. The molecule has 0 fully saturated rings. The van der Waals surface area contributed by atoms with Gasteiger partial charge in [-0.15, -0.1) is 0 Å². The fraction of sp³-hybridized carbons (Fsp3) is 0. The number of nitrogens with zero attached hydrogens (tertiary/aromatic N) is 1. The lowest BCUT2D eigenvalue weighted by Crippen LogP contribution is -2.12. The molecule has 9 aromatic carbocycles. The SMILES string of the molecule is O=c1c2ccccc2c2cccc3c4cc(-c5cccc6c5oc5ccc(-c7ccc8c9ccccc9c9ccccc9c8c7)cc56)ccc4n1c23. The summed E-state index contributed by atoms with van der Waals surface area (Å²) in [7, 11) is 0. The van der Waals surface area contributed by atoms with E-state index in [2.05, 4.69) is 140 Å². The molecule has 0 aliphatic rings. The summed E-state index contributed by atoms with van der Waals surface area (Å²) in [5, 5.41) is 14.8. The summed E-state index contributed by atoms with van der Waals surface area (Å²) in [6.45, 7) is 0. The Balaban J connectivity index is 1.04. The first-order valence-corrected chi connectivity index (χ1v) is 17.7. The zero-order chi connectivity index (χ0) is 34.1. The first-order chi connectivity index (χ1) is 25.7. The second-order valence-electron chi connectivity index (χ2n) is 14.0. The highest BCUT2D eigenvalue weighted by atomic mass is 16.3. The van der Waals surface area contributed by atoms with Crippen molar-refractivity contribution in [1.29, 1.82) is 0 Å². The van der Waals surface area contributed by atoms with Gasteiger partial charge in [-0.3, -0.25) is 9.20 Å². The Morgan fingerprint density at radius 1 is 0.365 bits per heavy atom. The predicted molar refractivity (Wildman–Crippen MR) is 218 cm³/mol.